The van der Waals surface area contributed by atoms with E-state index in [0.717, 1.165) is 75.6 Å². The van der Waals surface area contributed by atoms with Crippen LogP contribution in [0, 0.1) is 16.7 Å². The Morgan fingerprint density at radius 3 is 1.57 bits per heavy atom. The second-order valence-electron chi connectivity index (χ2n) is 26.0. The van der Waals surface area contributed by atoms with Crippen LogP contribution in [0.5, 0.6) is 0 Å². The van der Waals surface area contributed by atoms with Gasteiger partial charge in [0.2, 0.25) is 10.0 Å². The van der Waals surface area contributed by atoms with E-state index in [1.807, 2.05) is 81.4 Å². The number of nitrogens with zero attached hydrogens (tertiary/aromatic N) is 4. The number of methoxy groups -OCH3 is 1. The molecule has 2 saturated heterocycles. The molecule has 21 heteroatoms. The van der Waals surface area contributed by atoms with Crippen molar-refractivity contribution in [2.75, 3.05) is 17.8 Å². The molecule has 6 aromatic rings. The normalized spacial score (nSPS) is 21.1. The molecule has 10 atom stereocenters. The van der Waals surface area contributed by atoms with Gasteiger partial charge in [-0.1, -0.05) is 274 Å². The molecule has 3 unspecified atom stereocenters. The van der Waals surface area contributed by atoms with E-state index in [9.17, 15) is 23.4 Å². The molecule has 4 aliphatic rings. The molecule has 10 rings (SSSR count). The summed E-state index contributed by atoms with van der Waals surface area (Å²) in [7, 11) is -1.80. The maximum atomic E-state index is 12.6. The van der Waals surface area contributed by atoms with Gasteiger partial charge in [-0.25, -0.2) is 13.2 Å². The zero-order chi connectivity index (χ0) is 70.0. The molecule has 0 aromatic heterocycles. The summed E-state index contributed by atoms with van der Waals surface area (Å²) in [5, 5.41) is 28.0. The number of hydrogen-bond donors (Lipinski definition) is 1. The fraction of sp³-hybridized carbons (Fsp3) is 0.480. The molecule has 2 saturated carbocycles. The van der Waals surface area contributed by atoms with Crippen molar-refractivity contribution >= 4 is 115 Å². The topological polar surface area (TPSA) is 149 Å². The molecule has 6 aromatic carbocycles. The van der Waals surface area contributed by atoms with Gasteiger partial charge in [0.25, 0.3) is 0 Å². The van der Waals surface area contributed by atoms with Crippen molar-refractivity contribution in [1.82, 2.24) is 14.3 Å². The molecule has 0 radical (unpaired) electrons. The van der Waals surface area contributed by atoms with Gasteiger partial charge in [0.1, 0.15) is 0 Å². The number of halogens is 6. The first-order valence-corrected chi connectivity index (χ1v) is 61.5. The summed E-state index contributed by atoms with van der Waals surface area (Å²) >= 11 is 7.88. The number of hydrogen-bond acceptors (Lipinski definition) is 10. The molecule has 2 aliphatic carbocycles. The summed E-state index contributed by atoms with van der Waals surface area (Å²) in [5.41, 5.74) is 6.44. The van der Waals surface area contributed by atoms with Crippen molar-refractivity contribution in [1.29, 1.82) is 0.594 Å². The third-order valence-electron chi connectivity index (χ3n) is 18.4. The van der Waals surface area contributed by atoms with Gasteiger partial charge in [-0.2, -0.15) is 0 Å². The van der Waals surface area contributed by atoms with Crippen molar-refractivity contribution < 1.29 is 75.5 Å². The van der Waals surface area contributed by atoms with Crippen LogP contribution in [0.2, 0.25) is 0 Å². The number of rotatable bonds is 24. The number of unbranched alkanes of at least 4 members (excludes halogenated alkanes) is 2. The van der Waals surface area contributed by atoms with Crippen LogP contribution in [0.15, 0.2) is 194 Å². The smallest absolute Gasteiger partial charge is 1.00 e. The maximum absolute atomic E-state index is 12.6. The first-order chi connectivity index (χ1) is 45.1. The molecule has 2 heterocycles. The van der Waals surface area contributed by atoms with Crippen molar-refractivity contribution in [3.63, 3.8) is 0 Å². The summed E-state index contributed by atoms with van der Waals surface area (Å²) in [6, 6.07) is 62.3. The van der Waals surface area contributed by atoms with Crippen LogP contribution in [-0.2, 0) is 48.8 Å². The van der Waals surface area contributed by atoms with E-state index in [2.05, 4.69) is 264 Å². The van der Waals surface area contributed by atoms with Gasteiger partial charge in [-0.15, -0.1) is 12.6 Å². The Bertz CT molecular complexity index is 3280. The van der Waals surface area contributed by atoms with Crippen LogP contribution in [0.3, 0.4) is 0 Å². The second kappa shape index (κ2) is 44.9. The monoisotopic (exact) mass is 2000 g/mol. The Hall–Kier alpha value is -0.585. The molecular formula is C75H102I6Li2N4O8S. The van der Waals surface area contributed by atoms with Crippen LogP contribution in [-0.4, -0.2) is 81.7 Å². The Kier molecular flexibility index (Phi) is 41.1. The number of carbonyl (C=O) groups excluding carboxylic acids is 1. The predicted octanol–water partition coefficient (Wildman–Crippen LogP) is 14.8. The number of sulfonamides is 1. The Balaban J connectivity index is 0.000000330. The Labute approximate surface area is 658 Å². The number of aliphatic hydroxyl groups excluding tert-OH is 1. The minimum Gasteiger partial charge on any atom is 1.00 e. The molecule has 12 nitrogen and oxygen atoms in total. The first kappa shape index (κ1) is 87.8. The van der Waals surface area contributed by atoms with E-state index in [1.54, 1.807) is 6.08 Å². The predicted molar refractivity (Wildman–Crippen MR) is 440 cm³/mol. The maximum Gasteiger partial charge on any atom is 1.00 e. The van der Waals surface area contributed by atoms with Gasteiger partial charge in [0.05, 0.1) is 12.9 Å². The summed E-state index contributed by atoms with van der Waals surface area (Å²) in [6.07, 6.45) is 9.47. The number of benzene rings is 6. The van der Waals surface area contributed by atoms with E-state index in [-0.39, 0.29) is 96.6 Å². The van der Waals surface area contributed by atoms with Crippen LogP contribution in [0.4, 0.5) is 0 Å². The Morgan fingerprint density at radius 1 is 0.760 bits per heavy atom. The van der Waals surface area contributed by atoms with Gasteiger partial charge in [-0.05, 0) is 90.1 Å². The average Bonchev–Trinajstić information content (AvgIpc) is 1.45. The van der Waals surface area contributed by atoms with Crippen molar-refractivity contribution in [2.45, 2.75) is 194 Å². The third kappa shape index (κ3) is 27.2. The van der Waals surface area contributed by atoms with Crippen LogP contribution in [0.1, 0.15) is 179 Å². The number of esters is 1. The van der Waals surface area contributed by atoms with Crippen molar-refractivity contribution in [2.24, 2.45) is 16.7 Å². The number of ether oxygens (including phenoxy) is 2. The Morgan fingerprint density at radius 2 is 1.17 bits per heavy atom. The van der Waals surface area contributed by atoms with Crippen LogP contribution >= 0.6 is 99.4 Å². The second-order valence-corrected chi connectivity index (χ2v) is 72.8. The summed E-state index contributed by atoms with van der Waals surface area (Å²) < 4.78 is 42.2. The van der Waals surface area contributed by atoms with Gasteiger partial charge < -0.3 is 25.0 Å². The number of carbonyl (C=O) groups is 1. The summed E-state index contributed by atoms with van der Waals surface area (Å²) in [4.78, 5) is 24.6. The van der Waals surface area contributed by atoms with Gasteiger partial charge >= 0.3 is 149 Å². The zero-order valence-corrected chi connectivity index (χ0v) is 72.7. The molecule has 4 fully saturated rings. The molecule has 520 valence electrons. The van der Waals surface area contributed by atoms with E-state index in [4.69, 9.17) is 14.9 Å². The van der Waals surface area contributed by atoms with Crippen molar-refractivity contribution in [3.8, 4) is 0 Å². The van der Waals surface area contributed by atoms with Crippen molar-refractivity contribution in [3.05, 3.63) is 233 Å². The molecule has 0 amide bonds. The number of alkyl halides is 1. The average molecular weight is 2000 g/mol. The molecular weight excluding hydrogens is 1890 g/mol. The van der Waals surface area contributed by atoms with Gasteiger partial charge in [0.15, 0.2) is 11.8 Å². The molecule has 2 spiro atoms. The number of aliphatic hydroxyl groups is 1. The number of hydroxylamine groups is 1. The molecule has 1 N–H and O–H groups in total. The summed E-state index contributed by atoms with van der Waals surface area (Å²) in [5.74, 6) is 0.133. The third-order valence-corrected chi connectivity index (χ3v) is 20.1. The van der Waals surface area contributed by atoms with Gasteiger partial charge in [-0.3, -0.25) is 14.6 Å². The fourth-order valence-corrected chi connectivity index (χ4v) is 15.6. The summed E-state index contributed by atoms with van der Waals surface area (Å²) in [6.45, 7) is 23.2. The van der Waals surface area contributed by atoms with Gasteiger partial charge in [0, 0.05) is 54.2 Å². The van der Waals surface area contributed by atoms with E-state index >= 15 is 0 Å². The molecule has 2 aliphatic heterocycles. The van der Waals surface area contributed by atoms with E-state index in [0.29, 0.717) is 18.2 Å². The quantitative estimate of drug-likeness (QED) is 0.0155. The number of fused-ring (bicyclic) bond motifs is 1. The standard InChI is InChI=1S/C26H37NO2.C23H31NO3.C15H16N.C10H15NO3S.CH3I3.HI3.2Li/c1-6-7-18-24(19-25(28)29-26(3,4)5)27(20-22-14-10-8-11-15-22)21(2)23-16-12-9-13-17-23;1-4-5-16-21(22(25)23(26)27-3)24(17-19-12-8-6-9-13-19)18(2)20-14-10-7-11-15-20;1-13(15-10-6-3-7-11-15)16-12-14-8-4-2-5-9-14;1-8(2)7-3-4-9(8)6-15(12,13)11-10(9,5-7)14-11;1-4(2)3;1-3-2;;/h8-17,19,21,24,28H,6-7,18,20H2,1-5H3;6-15,18,21-22,25H,4-5,16-17H2,1-3H3;2-11,13H,12H2,1H3;7H,3-6H2,1-2H3;1H3;3H;;/q;;-1;;;;2*+1/p-1/b25-19+;;;;;;;/t21-,24?;18-,21-,22-;13-;7?,9-,10-,11?;;;;/m0000..../s1/i;;;;;3D;;. The molecule has 2 bridgehead atoms. The van der Waals surface area contributed by atoms with Crippen LogP contribution < -0.4 is 42.8 Å². The fourth-order valence-electron chi connectivity index (χ4n) is 13.2. The van der Waals surface area contributed by atoms with E-state index < -0.39 is 46.5 Å². The SMILES string of the molecule is CC1(C)C2CC[C@]13CS(=O)(=O)N1O[C@]13C2.CCCCC(/C=C(\[O-])OC(C)(C)C)N(Cc1ccccc1)[C@@H](C)c1ccccc1.CCCC[C@@H]([C@H](O)C(=O)OC)N(Cc1ccccc1)[C@@H](C)c1ccccc1.CI(I)I.C[C@H]([N-]Cc1ccccc1)c1ccccc1.[2H]I(I)I.[Li+].[Li+]. The minimum absolute atomic E-state index is 0. The first-order valence-electron chi connectivity index (χ1n) is 32.9. The molecule has 96 heavy (non-hydrogen) atoms. The van der Waals surface area contributed by atoms with Crippen LogP contribution in [0.25, 0.3) is 5.32 Å². The zero-order valence-electron chi connectivity index (χ0n) is 59.9. The largest absolute Gasteiger partial charge is 1.00 e. The minimum atomic E-state index is -3.12. The van der Waals surface area contributed by atoms with E-state index in [1.165, 1.54) is 40.3 Å².